The maximum atomic E-state index is 12.2. The highest BCUT2D eigenvalue weighted by atomic mass is 32.2. The zero-order valence-corrected chi connectivity index (χ0v) is 14.0. The molecule has 2 atom stereocenters. The Hall–Kier alpha value is -1.43. The standard InChI is InChI=1S/C15H25N3O2S/c1-5-6-13-9-12(10-14(16-3)18-13)15(19)17-8-7-11(2)21(4)20/h9-11H,5-8H2,1-4H3,(H,16,18)(H,17,19). The van der Waals surface area contributed by atoms with E-state index >= 15 is 0 Å². The lowest BCUT2D eigenvalue weighted by molar-refractivity contribution is 0.0953. The molecule has 0 spiro atoms. The molecule has 0 aliphatic carbocycles. The Morgan fingerprint density at radius 3 is 2.71 bits per heavy atom. The number of carbonyl (C=O) groups is 1. The molecule has 0 aliphatic heterocycles. The maximum Gasteiger partial charge on any atom is 0.251 e. The van der Waals surface area contributed by atoms with Crippen LogP contribution in [0.15, 0.2) is 12.1 Å². The fourth-order valence-corrected chi connectivity index (χ4v) is 2.34. The number of aromatic nitrogens is 1. The van der Waals surface area contributed by atoms with Crippen molar-refractivity contribution in [3.05, 3.63) is 23.4 Å². The normalized spacial score (nSPS) is 13.5. The number of pyridine rings is 1. The molecule has 1 heterocycles. The molecule has 5 nitrogen and oxygen atoms in total. The number of nitrogens with one attached hydrogen (secondary N) is 2. The van der Waals surface area contributed by atoms with E-state index in [-0.39, 0.29) is 11.2 Å². The summed E-state index contributed by atoms with van der Waals surface area (Å²) >= 11 is 0. The molecule has 1 amide bonds. The molecule has 0 fully saturated rings. The first kappa shape index (κ1) is 17.6. The Morgan fingerprint density at radius 1 is 1.43 bits per heavy atom. The van der Waals surface area contributed by atoms with Crippen LogP contribution in [0.5, 0.6) is 0 Å². The second-order valence-corrected chi connectivity index (χ2v) is 6.89. The van der Waals surface area contributed by atoms with E-state index in [4.69, 9.17) is 0 Å². The van der Waals surface area contributed by atoms with E-state index in [1.165, 1.54) is 0 Å². The Morgan fingerprint density at radius 2 is 2.14 bits per heavy atom. The van der Waals surface area contributed by atoms with Gasteiger partial charge in [-0.2, -0.15) is 0 Å². The number of hydrogen-bond donors (Lipinski definition) is 2. The summed E-state index contributed by atoms with van der Waals surface area (Å²) in [5.41, 5.74) is 1.53. The zero-order chi connectivity index (χ0) is 15.8. The SMILES string of the molecule is CCCc1cc(C(=O)NCCC(C)S(C)=O)cc(NC)n1. The number of rotatable bonds is 8. The van der Waals surface area contributed by atoms with Gasteiger partial charge >= 0.3 is 0 Å². The number of aryl methyl sites for hydroxylation is 1. The molecular formula is C15H25N3O2S. The number of carbonyl (C=O) groups excluding carboxylic acids is 1. The first-order valence-electron chi connectivity index (χ1n) is 7.27. The minimum absolute atomic E-state index is 0.0891. The monoisotopic (exact) mass is 311 g/mol. The largest absolute Gasteiger partial charge is 0.373 e. The van der Waals surface area contributed by atoms with E-state index in [9.17, 15) is 9.00 Å². The average Bonchev–Trinajstić information content (AvgIpc) is 2.46. The molecule has 0 aromatic carbocycles. The summed E-state index contributed by atoms with van der Waals surface area (Å²) in [6.45, 7) is 4.53. The summed E-state index contributed by atoms with van der Waals surface area (Å²) in [6.07, 6.45) is 4.23. The molecule has 0 radical (unpaired) electrons. The van der Waals surface area contributed by atoms with Crippen LogP contribution in [-0.2, 0) is 17.2 Å². The summed E-state index contributed by atoms with van der Waals surface area (Å²) in [5.74, 6) is 0.592. The highest BCUT2D eigenvalue weighted by Gasteiger charge is 2.11. The van der Waals surface area contributed by atoms with Gasteiger partial charge < -0.3 is 10.6 Å². The van der Waals surface area contributed by atoms with E-state index in [0.717, 1.165) is 18.5 Å². The fourth-order valence-electron chi connectivity index (χ4n) is 1.89. The Labute approximate surface area is 129 Å². The number of anilines is 1. The van der Waals surface area contributed by atoms with Gasteiger partial charge in [-0.05, 0) is 25.0 Å². The van der Waals surface area contributed by atoms with Crippen molar-refractivity contribution in [2.75, 3.05) is 25.2 Å². The predicted octanol–water partition coefficient (Wildman–Crippen LogP) is 1.96. The topological polar surface area (TPSA) is 71.1 Å². The molecular weight excluding hydrogens is 286 g/mol. The number of nitrogens with zero attached hydrogens (tertiary/aromatic N) is 1. The average molecular weight is 311 g/mol. The third-order valence-electron chi connectivity index (χ3n) is 3.31. The van der Waals surface area contributed by atoms with Crippen molar-refractivity contribution in [2.24, 2.45) is 0 Å². The van der Waals surface area contributed by atoms with Gasteiger partial charge in [0.15, 0.2) is 0 Å². The fraction of sp³-hybridized carbons (Fsp3) is 0.600. The van der Waals surface area contributed by atoms with Gasteiger partial charge in [0, 0.05) is 47.2 Å². The van der Waals surface area contributed by atoms with Crippen LogP contribution in [0.25, 0.3) is 0 Å². The first-order chi connectivity index (χ1) is 9.97. The van der Waals surface area contributed by atoms with Gasteiger partial charge in [0.2, 0.25) is 0 Å². The minimum Gasteiger partial charge on any atom is -0.373 e. The van der Waals surface area contributed by atoms with Crippen LogP contribution in [-0.4, -0.2) is 40.2 Å². The van der Waals surface area contributed by atoms with Crippen LogP contribution >= 0.6 is 0 Å². The summed E-state index contributed by atoms with van der Waals surface area (Å²) in [4.78, 5) is 16.6. The smallest absolute Gasteiger partial charge is 0.251 e. The predicted molar refractivity (Wildman–Crippen MR) is 88.3 cm³/mol. The molecule has 1 aromatic heterocycles. The molecule has 0 saturated heterocycles. The summed E-state index contributed by atoms with van der Waals surface area (Å²) < 4.78 is 11.3. The van der Waals surface area contributed by atoms with E-state index in [1.807, 2.05) is 13.0 Å². The molecule has 21 heavy (non-hydrogen) atoms. The Bertz CT molecular complexity index is 506. The first-order valence-corrected chi connectivity index (χ1v) is 8.89. The molecule has 1 aromatic rings. The molecule has 0 saturated carbocycles. The zero-order valence-electron chi connectivity index (χ0n) is 13.2. The van der Waals surface area contributed by atoms with Gasteiger partial charge in [-0.15, -0.1) is 0 Å². The highest BCUT2D eigenvalue weighted by molar-refractivity contribution is 7.84. The van der Waals surface area contributed by atoms with E-state index in [2.05, 4.69) is 22.5 Å². The van der Waals surface area contributed by atoms with Crippen LogP contribution in [0, 0.1) is 0 Å². The quantitative estimate of drug-likeness (QED) is 0.770. The lowest BCUT2D eigenvalue weighted by Crippen LogP contribution is -2.27. The van der Waals surface area contributed by atoms with Crippen LogP contribution in [0.4, 0.5) is 5.82 Å². The highest BCUT2D eigenvalue weighted by Crippen LogP contribution is 2.12. The summed E-state index contributed by atoms with van der Waals surface area (Å²) in [6, 6.07) is 3.58. The second kappa shape index (κ2) is 8.77. The third kappa shape index (κ3) is 5.83. The van der Waals surface area contributed by atoms with E-state index in [0.29, 0.717) is 24.3 Å². The molecule has 1 rings (SSSR count). The molecule has 6 heteroatoms. The lowest BCUT2D eigenvalue weighted by Gasteiger charge is -2.11. The Balaban J connectivity index is 2.68. The van der Waals surface area contributed by atoms with Crippen molar-refractivity contribution in [1.29, 1.82) is 0 Å². The summed E-state index contributed by atoms with van der Waals surface area (Å²) in [5, 5.41) is 5.94. The van der Waals surface area contributed by atoms with Crippen LogP contribution in [0.3, 0.4) is 0 Å². The van der Waals surface area contributed by atoms with Gasteiger partial charge in [0.25, 0.3) is 5.91 Å². The number of amides is 1. The van der Waals surface area contributed by atoms with Gasteiger partial charge in [0.05, 0.1) is 0 Å². The lowest BCUT2D eigenvalue weighted by atomic mass is 10.1. The number of hydrogen-bond acceptors (Lipinski definition) is 4. The second-order valence-electron chi connectivity index (χ2n) is 5.09. The van der Waals surface area contributed by atoms with Gasteiger partial charge in [-0.3, -0.25) is 9.00 Å². The van der Waals surface area contributed by atoms with Crippen molar-refractivity contribution in [3.63, 3.8) is 0 Å². The van der Waals surface area contributed by atoms with Crippen LogP contribution < -0.4 is 10.6 Å². The molecule has 0 bridgehead atoms. The van der Waals surface area contributed by atoms with Gasteiger partial charge in [-0.25, -0.2) is 4.98 Å². The Kier molecular flexibility index (Phi) is 7.36. The maximum absolute atomic E-state index is 12.2. The third-order valence-corrected chi connectivity index (χ3v) is 4.67. The van der Waals surface area contributed by atoms with Crippen molar-refractivity contribution in [2.45, 2.75) is 38.4 Å². The minimum atomic E-state index is -0.852. The van der Waals surface area contributed by atoms with E-state index in [1.54, 1.807) is 19.4 Å². The van der Waals surface area contributed by atoms with E-state index < -0.39 is 10.8 Å². The van der Waals surface area contributed by atoms with Crippen molar-refractivity contribution < 1.29 is 9.00 Å². The van der Waals surface area contributed by atoms with Crippen molar-refractivity contribution in [3.8, 4) is 0 Å². The van der Waals surface area contributed by atoms with Crippen LogP contribution in [0.2, 0.25) is 0 Å². The van der Waals surface area contributed by atoms with Gasteiger partial charge in [0.1, 0.15) is 5.82 Å². The molecule has 118 valence electrons. The van der Waals surface area contributed by atoms with Crippen molar-refractivity contribution in [1.82, 2.24) is 10.3 Å². The van der Waals surface area contributed by atoms with Crippen molar-refractivity contribution >= 4 is 22.5 Å². The molecule has 0 aliphatic rings. The van der Waals surface area contributed by atoms with Gasteiger partial charge in [-0.1, -0.05) is 20.3 Å². The van der Waals surface area contributed by atoms with Crippen LogP contribution in [0.1, 0.15) is 42.7 Å². The molecule has 2 unspecified atom stereocenters. The summed E-state index contributed by atoms with van der Waals surface area (Å²) in [7, 11) is 0.937. The molecule has 2 N–H and O–H groups in total.